The minimum absolute atomic E-state index is 0. The summed E-state index contributed by atoms with van der Waals surface area (Å²) in [6, 6.07) is 19.9. The Bertz CT molecular complexity index is 883. The standard InChI is InChI=1S/C21H26N6O.HI/c1-17-25-26-20(27(17)2)16-24-21(23-15-18-9-5-3-6-10-18)22-13-14-28-19-11-7-4-8-12-19;/h3-12H,13-16H2,1-2H3,(H2,22,23,24);1H. The fourth-order valence-electron chi connectivity index (χ4n) is 2.55. The van der Waals surface area contributed by atoms with Crippen molar-refractivity contribution in [1.82, 2.24) is 25.4 Å². The van der Waals surface area contributed by atoms with Crippen LogP contribution in [-0.2, 0) is 20.1 Å². The van der Waals surface area contributed by atoms with Crippen LogP contribution in [0.1, 0.15) is 17.2 Å². The molecule has 0 aliphatic rings. The van der Waals surface area contributed by atoms with Crippen molar-refractivity contribution in [3.8, 4) is 5.75 Å². The maximum Gasteiger partial charge on any atom is 0.192 e. The summed E-state index contributed by atoms with van der Waals surface area (Å²) in [5.74, 6) is 3.30. The van der Waals surface area contributed by atoms with E-state index in [0.717, 1.165) is 23.0 Å². The second-order valence-electron chi connectivity index (χ2n) is 6.31. The summed E-state index contributed by atoms with van der Waals surface area (Å²) in [6.07, 6.45) is 0. The van der Waals surface area contributed by atoms with Gasteiger partial charge < -0.3 is 19.9 Å². The van der Waals surface area contributed by atoms with E-state index in [2.05, 4.69) is 38.0 Å². The quantitative estimate of drug-likeness (QED) is 0.213. The smallest absolute Gasteiger partial charge is 0.192 e. The van der Waals surface area contributed by atoms with Crippen molar-refractivity contribution in [2.24, 2.45) is 12.0 Å². The SMILES string of the molecule is Cc1nnc(CNC(=NCc2ccccc2)NCCOc2ccccc2)n1C.I. The van der Waals surface area contributed by atoms with E-state index in [1.54, 1.807) is 0 Å². The zero-order valence-electron chi connectivity index (χ0n) is 16.7. The van der Waals surface area contributed by atoms with Crippen molar-refractivity contribution in [2.75, 3.05) is 13.2 Å². The molecular weight excluding hydrogens is 479 g/mol. The van der Waals surface area contributed by atoms with E-state index >= 15 is 0 Å². The third-order valence-electron chi connectivity index (χ3n) is 4.27. The van der Waals surface area contributed by atoms with Gasteiger partial charge in [-0.1, -0.05) is 48.5 Å². The van der Waals surface area contributed by atoms with Crippen molar-refractivity contribution >= 4 is 29.9 Å². The number of hydrogen-bond donors (Lipinski definition) is 2. The lowest BCUT2D eigenvalue weighted by atomic mass is 10.2. The molecule has 0 saturated carbocycles. The third kappa shape index (κ3) is 7.37. The summed E-state index contributed by atoms with van der Waals surface area (Å²) in [7, 11) is 1.95. The molecule has 2 N–H and O–H groups in total. The first-order valence-electron chi connectivity index (χ1n) is 9.31. The number of nitrogens with zero attached hydrogens (tertiary/aromatic N) is 4. The van der Waals surface area contributed by atoms with E-state index < -0.39 is 0 Å². The van der Waals surface area contributed by atoms with E-state index in [0.29, 0.717) is 32.2 Å². The molecule has 0 bridgehead atoms. The molecule has 0 unspecified atom stereocenters. The molecule has 3 aromatic rings. The highest BCUT2D eigenvalue weighted by Crippen LogP contribution is 2.07. The number of hydrogen-bond acceptors (Lipinski definition) is 4. The monoisotopic (exact) mass is 506 g/mol. The van der Waals surface area contributed by atoms with E-state index in [-0.39, 0.29) is 24.0 Å². The minimum atomic E-state index is 0. The van der Waals surface area contributed by atoms with E-state index in [1.807, 2.05) is 67.1 Å². The number of aryl methyl sites for hydroxylation is 1. The molecule has 0 aliphatic carbocycles. The Balaban J connectivity index is 0.00000300. The Morgan fingerprint density at radius 2 is 1.69 bits per heavy atom. The molecule has 0 radical (unpaired) electrons. The van der Waals surface area contributed by atoms with Gasteiger partial charge in [0.15, 0.2) is 11.8 Å². The van der Waals surface area contributed by atoms with Gasteiger partial charge in [-0.05, 0) is 24.6 Å². The maximum atomic E-state index is 5.73. The molecule has 1 heterocycles. The van der Waals surface area contributed by atoms with Crippen LogP contribution >= 0.6 is 24.0 Å². The number of aromatic nitrogens is 3. The Labute approximate surface area is 188 Å². The number of benzene rings is 2. The lowest BCUT2D eigenvalue weighted by Crippen LogP contribution is -2.39. The van der Waals surface area contributed by atoms with E-state index in [1.165, 1.54) is 0 Å². The fourth-order valence-corrected chi connectivity index (χ4v) is 2.55. The van der Waals surface area contributed by atoms with Crippen molar-refractivity contribution in [3.05, 3.63) is 77.9 Å². The second kappa shape index (κ2) is 12.1. The van der Waals surface area contributed by atoms with Gasteiger partial charge in [-0.2, -0.15) is 0 Å². The molecule has 2 aromatic carbocycles. The van der Waals surface area contributed by atoms with Crippen molar-refractivity contribution in [1.29, 1.82) is 0 Å². The third-order valence-corrected chi connectivity index (χ3v) is 4.27. The molecule has 0 spiro atoms. The van der Waals surface area contributed by atoms with Gasteiger partial charge in [0.05, 0.1) is 19.6 Å². The minimum Gasteiger partial charge on any atom is -0.492 e. The average molecular weight is 506 g/mol. The van der Waals surface area contributed by atoms with Gasteiger partial charge in [-0.25, -0.2) is 4.99 Å². The molecule has 7 nitrogen and oxygen atoms in total. The first-order valence-corrected chi connectivity index (χ1v) is 9.31. The number of nitrogens with one attached hydrogen (secondary N) is 2. The van der Waals surface area contributed by atoms with Gasteiger partial charge >= 0.3 is 0 Å². The van der Waals surface area contributed by atoms with Gasteiger partial charge in [-0.15, -0.1) is 34.2 Å². The van der Waals surface area contributed by atoms with Crippen LogP contribution in [0.2, 0.25) is 0 Å². The van der Waals surface area contributed by atoms with Crippen molar-refractivity contribution < 1.29 is 4.74 Å². The number of halogens is 1. The topological polar surface area (TPSA) is 76.4 Å². The van der Waals surface area contributed by atoms with Crippen LogP contribution in [0, 0.1) is 6.92 Å². The average Bonchev–Trinajstić information content (AvgIpc) is 3.06. The fraction of sp³-hybridized carbons (Fsp3) is 0.286. The Morgan fingerprint density at radius 3 is 2.34 bits per heavy atom. The molecule has 8 heteroatoms. The van der Waals surface area contributed by atoms with Crippen LogP contribution in [0.5, 0.6) is 5.75 Å². The van der Waals surface area contributed by atoms with Crippen LogP contribution in [-0.4, -0.2) is 33.9 Å². The Morgan fingerprint density at radius 1 is 1.00 bits per heavy atom. The highest BCUT2D eigenvalue weighted by Gasteiger charge is 2.06. The van der Waals surface area contributed by atoms with Crippen LogP contribution in [0.3, 0.4) is 0 Å². The molecule has 154 valence electrons. The normalized spacial score (nSPS) is 10.9. The number of ether oxygens (including phenoxy) is 1. The first-order chi connectivity index (χ1) is 13.7. The van der Waals surface area contributed by atoms with E-state index in [9.17, 15) is 0 Å². The summed E-state index contributed by atoms with van der Waals surface area (Å²) in [6.45, 7) is 4.23. The lowest BCUT2D eigenvalue weighted by molar-refractivity contribution is 0.322. The van der Waals surface area contributed by atoms with Crippen LogP contribution in [0.25, 0.3) is 0 Å². The molecule has 1 aromatic heterocycles. The summed E-state index contributed by atoms with van der Waals surface area (Å²) in [5.41, 5.74) is 1.15. The molecule has 0 amide bonds. The molecule has 29 heavy (non-hydrogen) atoms. The highest BCUT2D eigenvalue weighted by atomic mass is 127. The molecule has 0 fully saturated rings. The predicted molar refractivity (Wildman–Crippen MR) is 126 cm³/mol. The molecule has 0 atom stereocenters. The second-order valence-corrected chi connectivity index (χ2v) is 6.31. The van der Waals surface area contributed by atoms with Gasteiger partial charge in [0.2, 0.25) is 0 Å². The molecule has 0 saturated heterocycles. The summed E-state index contributed by atoms with van der Waals surface area (Å²) < 4.78 is 7.69. The Hall–Kier alpha value is -2.62. The van der Waals surface area contributed by atoms with Gasteiger partial charge in [-0.3, -0.25) is 0 Å². The number of rotatable bonds is 8. The number of para-hydroxylation sites is 1. The largest absolute Gasteiger partial charge is 0.492 e. The van der Waals surface area contributed by atoms with Gasteiger partial charge in [0.1, 0.15) is 18.2 Å². The van der Waals surface area contributed by atoms with Crippen LogP contribution in [0.4, 0.5) is 0 Å². The molecular formula is C21H27IN6O. The zero-order valence-corrected chi connectivity index (χ0v) is 19.0. The summed E-state index contributed by atoms with van der Waals surface area (Å²) in [4.78, 5) is 4.67. The predicted octanol–water partition coefficient (Wildman–Crippen LogP) is 3.06. The van der Waals surface area contributed by atoms with Gasteiger partial charge in [0.25, 0.3) is 0 Å². The lowest BCUT2D eigenvalue weighted by Gasteiger charge is -2.13. The molecule has 0 aliphatic heterocycles. The highest BCUT2D eigenvalue weighted by molar-refractivity contribution is 14.0. The number of aliphatic imine (C=N–C) groups is 1. The van der Waals surface area contributed by atoms with Gasteiger partial charge in [0, 0.05) is 7.05 Å². The summed E-state index contributed by atoms with van der Waals surface area (Å²) in [5, 5.41) is 14.9. The number of guanidine groups is 1. The summed E-state index contributed by atoms with van der Waals surface area (Å²) >= 11 is 0. The Kier molecular flexibility index (Phi) is 9.42. The van der Waals surface area contributed by atoms with Crippen LogP contribution < -0.4 is 15.4 Å². The molecule has 3 rings (SSSR count). The van der Waals surface area contributed by atoms with Crippen LogP contribution in [0.15, 0.2) is 65.7 Å². The zero-order chi connectivity index (χ0) is 19.6. The van der Waals surface area contributed by atoms with E-state index in [4.69, 9.17) is 4.74 Å². The van der Waals surface area contributed by atoms with Crippen molar-refractivity contribution in [3.63, 3.8) is 0 Å². The maximum absolute atomic E-state index is 5.73. The van der Waals surface area contributed by atoms with Crippen molar-refractivity contribution in [2.45, 2.75) is 20.0 Å². The first kappa shape index (κ1) is 22.7.